The summed E-state index contributed by atoms with van der Waals surface area (Å²) >= 11 is 31.2. The summed E-state index contributed by atoms with van der Waals surface area (Å²) in [6.07, 6.45) is -11.0. The van der Waals surface area contributed by atoms with Crippen molar-refractivity contribution in [3.05, 3.63) is 67.6 Å². The molecule has 0 amide bonds. The topological polar surface area (TPSA) is 43.2 Å². The zero-order chi connectivity index (χ0) is 27.1. The van der Waals surface area contributed by atoms with Gasteiger partial charge in [0.1, 0.15) is 4.62 Å². The van der Waals surface area contributed by atoms with E-state index in [-0.39, 0.29) is 35.8 Å². The van der Waals surface area contributed by atoms with Gasteiger partial charge in [0.25, 0.3) is 5.60 Å². The number of halogens is 12. The molecule has 2 aromatic rings. The van der Waals surface area contributed by atoms with Crippen LogP contribution in [0.15, 0.2) is 46.7 Å². The first-order valence-electron chi connectivity index (χ1n) is 9.39. The van der Waals surface area contributed by atoms with Gasteiger partial charge in [-0.25, -0.2) is 0 Å². The highest BCUT2D eigenvalue weighted by Gasteiger charge is 2.62. The first kappa shape index (κ1) is 29.4. The standard InChI is InChI=1S/C10H5BrCl2F3NO.C10H5Cl3F3NO/c11-8-4-9(18-17-8,10(14,15)16)5-1-6(12)3-7(13)2-5;11-5-1-4(2-6(12)3-5)8-7(10(14,15)16)9(13)17-18-8/h1-3H,4H2;1-3,7-8H. The first-order chi connectivity index (χ1) is 16.5. The molecule has 0 bridgehead atoms. The number of benzene rings is 2. The van der Waals surface area contributed by atoms with E-state index in [1.54, 1.807) is 0 Å². The van der Waals surface area contributed by atoms with Gasteiger partial charge in [0.15, 0.2) is 17.2 Å². The van der Waals surface area contributed by atoms with Crippen LogP contribution < -0.4 is 0 Å². The lowest BCUT2D eigenvalue weighted by Crippen LogP contribution is -2.42. The van der Waals surface area contributed by atoms with Gasteiger partial charge < -0.3 is 9.68 Å². The molecule has 0 aromatic heterocycles. The maximum absolute atomic E-state index is 13.2. The predicted molar refractivity (Wildman–Crippen MR) is 129 cm³/mol. The van der Waals surface area contributed by atoms with Gasteiger partial charge in [-0.15, -0.1) is 0 Å². The number of nitrogens with zero attached hydrogens (tertiary/aromatic N) is 2. The molecule has 0 N–H and O–H groups in total. The van der Waals surface area contributed by atoms with E-state index in [9.17, 15) is 26.3 Å². The number of oxime groups is 2. The van der Waals surface area contributed by atoms with Gasteiger partial charge >= 0.3 is 12.4 Å². The number of rotatable bonds is 2. The van der Waals surface area contributed by atoms with Gasteiger partial charge in [0.2, 0.25) is 0 Å². The van der Waals surface area contributed by atoms with Crippen molar-refractivity contribution in [1.82, 2.24) is 0 Å². The molecule has 36 heavy (non-hydrogen) atoms. The molecule has 0 saturated carbocycles. The van der Waals surface area contributed by atoms with E-state index in [1.807, 2.05) is 0 Å². The van der Waals surface area contributed by atoms with Crippen LogP contribution in [0.25, 0.3) is 0 Å². The molecule has 0 aliphatic carbocycles. The smallest absolute Gasteiger partial charge is 0.385 e. The highest BCUT2D eigenvalue weighted by atomic mass is 79.9. The molecule has 2 heterocycles. The van der Waals surface area contributed by atoms with Crippen LogP contribution in [-0.4, -0.2) is 22.1 Å². The number of alkyl halides is 6. The van der Waals surface area contributed by atoms with Crippen LogP contribution in [0.4, 0.5) is 26.3 Å². The molecule has 0 fully saturated rings. The number of hydrogen-bond donors (Lipinski definition) is 0. The Morgan fingerprint density at radius 3 is 1.72 bits per heavy atom. The second-order valence-corrected chi connectivity index (χ2v) is 10.4. The van der Waals surface area contributed by atoms with Crippen LogP contribution in [0.2, 0.25) is 20.1 Å². The summed E-state index contributed by atoms with van der Waals surface area (Å²) in [7, 11) is 0. The minimum atomic E-state index is -4.64. The third kappa shape index (κ3) is 6.47. The zero-order valence-corrected chi connectivity index (χ0v) is 22.4. The SMILES string of the molecule is FC(F)(F)C1(c2cc(Cl)cc(Cl)c2)CC(Br)=NO1.FC(F)(F)C1C(Cl)=NOC1c1cc(Cl)cc(Cl)c1. The molecule has 3 atom stereocenters. The largest absolute Gasteiger partial charge is 0.435 e. The van der Waals surface area contributed by atoms with Crippen LogP contribution in [0.5, 0.6) is 0 Å². The molecular formula is C20H10BrCl5F6N2O2. The summed E-state index contributed by atoms with van der Waals surface area (Å²) in [6, 6.07) is 7.77. The third-order valence-corrected chi connectivity index (χ3v) is 6.46. The predicted octanol–water partition coefficient (Wildman–Crippen LogP) is 9.68. The summed E-state index contributed by atoms with van der Waals surface area (Å²) in [4.78, 5) is 9.33. The van der Waals surface area contributed by atoms with E-state index in [4.69, 9.17) is 62.8 Å². The molecule has 0 saturated heterocycles. The minimum absolute atomic E-state index is 0.0796. The van der Waals surface area contributed by atoms with Crippen molar-refractivity contribution in [2.75, 3.05) is 0 Å². The minimum Gasteiger partial charge on any atom is -0.385 e. The van der Waals surface area contributed by atoms with Gasteiger partial charge in [-0.05, 0) is 57.9 Å². The van der Waals surface area contributed by atoms with E-state index < -0.39 is 41.6 Å². The lowest BCUT2D eigenvalue weighted by atomic mass is 9.90. The van der Waals surface area contributed by atoms with E-state index in [0.717, 1.165) is 0 Å². The molecule has 16 heteroatoms. The Morgan fingerprint density at radius 1 is 0.806 bits per heavy atom. The van der Waals surface area contributed by atoms with Crippen molar-refractivity contribution in [2.45, 2.75) is 30.5 Å². The quantitative estimate of drug-likeness (QED) is 0.297. The Labute approximate surface area is 233 Å². The van der Waals surface area contributed by atoms with Crippen molar-refractivity contribution in [3.63, 3.8) is 0 Å². The van der Waals surface area contributed by atoms with Gasteiger partial charge in [-0.3, -0.25) is 0 Å². The second kappa shape index (κ2) is 10.9. The highest BCUT2D eigenvalue weighted by molar-refractivity contribution is 9.18. The van der Waals surface area contributed by atoms with Crippen LogP contribution in [0.3, 0.4) is 0 Å². The highest BCUT2D eigenvalue weighted by Crippen LogP contribution is 2.49. The normalized spacial score (nSPS) is 23.8. The Morgan fingerprint density at radius 2 is 1.31 bits per heavy atom. The van der Waals surface area contributed by atoms with Crippen molar-refractivity contribution in [2.24, 2.45) is 16.2 Å². The summed E-state index contributed by atoms with van der Waals surface area (Å²) in [5, 5.41) is 6.50. The summed E-state index contributed by atoms with van der Waals surface area (Å²) in [6.45, 7) is 0. The van der Waals surface area contributed by atoms with Gasteiger partial charge in [-0.2, -0.15) is 26.3 Å². The van der Waals surface area contributed by atoms with Gasteiger partial charge in [0, 0.05) is 25.7 Å². The fourth-order valence-corrected chi connectivity index (χ4v) is 5.12. The summed E-state index contributed by atoms with van der Waals surface area (Å²) < 4.78 is 78.3. The molecule has 3 unspecified atom stereocenters. The first-order valence-corrected chi connectivity index (χ1v) is 12.1. The lowest BCUT2D eigenvalue weighted by molar-refractivity contribution is -0.275. The monoisotopic (exact) mass is 678 g/mol. The fraction of sp³-hybridized carbons (Fsp3) is 0.300. The Bertz CT molecular complexity index is 1170. The summed E-state index contributed by atoms with van der Waals surface area (Å²) in [5.74, 6) is -2.01. The maximum atomic E-state index is 13.2. The Kier molecular flexibility index (Phi) is 8.95. The maximum Gasteiger partial charge on any atom is 0.435 e. The summed E-state index contributed by atoms with van der Waals surface area (Å²) in [5.41, 5.74) is -2.54. The molecule has 4 rings (SSSR count). The Balaban J connectivity index is 0.000000201. The van der Waals surface area contributed by atoms with E-state index in [1.165, 1.54) is 36.4 Å². The molecule has 196 valence electrons. The van der Waals surface area contributed by atoms with E-state index in [0.29, 0.717) is 0 Å². The lowest BCUT2D eigenvalue weighted by Gasteiger charge is -2.29. The average Bonchev–Trinajstić information content (AvgIpc) is 3.30. The van der Waals surface area contributed by atoms with E-state index >= 15 is 0 Å². The van der Waals surface area contributed by atoms with Gasteiger partial charge in [-0.1, -0.05) is 68.3 Å². The van der Waals surface area contributed by atoms with Crippen molar-refractivity contribution in [3.8, 4) is 0 Å². The van der Waals surface area contributed by atoms with Crippen LogP contribution in [0.1, 0.15) is 23.7 Å². The molecule has 0 spiro atoms. The molecule has 0 radical (unpaired) electrons. The Hall–Kier alpha value is -1.11. The van der Waals surface area contributed by atoms with Crippen LogP contribution in [-0.2, 0) is 15.3 Å². The molecule has 2 aliphatic rings. The van der Waals surface area contributed by atoms with Crippen LogP contribution in [0, 0.1) is 5.92 Å². The third-order valence-electron chi connectivity index (χ3n) is 4.86. The van der Waals surface area contributed by atoms with E-state index in [2.05, 4.69) is 31.1 Å². The van der Waals surface area contributed by atoms with Gasteiger partial charge in [0.05, 0.1) is 6.42 Å². The van der Waals surface area contributed by atoms with Crippen molar-refractivity contribution < 1.29 is 36.0 Å². The number of hydrogen-bond acceptors (Lipinski definition) is 4. The molecule has 2 aromatic carbocycles. The molecule has 4 nitrogen and oxygen atoms in total. The second-order valence-electron chi connectivity index (χ2n) is 7.38. The molecule has 2 aliphatic heterocycles. The average molecular weight is 681 g/mol. The van der Waals surface area contributed by atoms with Crippen LogP contribution >= 0.6 is 73.9 Å². The molecular weight excluding hydrogens is 671 g/mol. The van der Waals surface area contributed by atoms with Crippen molar-refractivity contribution in [1.29, 1.82) is 0 Å². The fourth-order valence-electron chi connectivity index (χ4n) is 3.30. The zero-order valence-electron chi connectivity index (χ0n) is 17.1. The van der Waals surface area contributed by atoms with Crippen molar-refractivity contribution >= 4 is 83.7 Å².